The normalized spacial score (nSPS) is 12.5. The molecule has 0 aliphatic rings. The number of hydrogen-bond acceptors (Lipinski definition) is 1. The average molecular weight is 278 g/mol. The molecule has 0 bridgehead atoms. The minimum atomic E-state index is -0.195. The standard InChI is InChI=1S/C16H17ClFN/c1-10-4-7-15(18)14(8-10)16(19-3)13-6-5-12(17)9-11(13)2/h4-9,16,19H,1-3H3. The Labute approximate surface area is 118 Å². The molecule has 0 aliphatic carbocycles. The molecule has 0 aromatic heterocycles. The Balaban J connectivity index is 2.52. The van der Waals surface area contributed by atoms with Crippen LogP contribution in [0.25, 0.3) is 0 Å². The first-order valence-electron chi connectivity index (χ1n) is 6.22. The second-order valence-corrected chi connectivity index (χ2v) is 5.18. The summed E-state index contributed by atoms with van der Waals surface area (Å²) >= 11 is 5.97. The van der Waals surface area contributed by atoms with Crippen molar-refractivity contribution in [3.8, 4) is 0 Å². The highest BCUT2D eigenvalue weighted by molar-refractivity contribution is 6.30. The maximum atomic E-state index is 14.0. The number of benzene rings is 2. The van der Waals surface area contributed by atoms with Crippen molar-refractivity contribution in [3.63, 3.8) is 0 Å². The summed E-state index contributed by atoms with van der Waals surface area (Å²) in [6, 6.07) is 10.7. The molecular formula is C16H17ClFN. The number of rotatable bonds is 3. The van der Waals surface area contributed by atoms with Crippen LogP contribution in [0.15, 0.2) is 36.4 Å². The Kier molecular flexibility index (Phi) is 4.23. The van der Waals surface area contributed by atoms with Crippen LogP contribution in [0.1, 0.15) is 28.3 Å². The van der Waals surface area contributed by atoms with Gasteiger partial charge in [-0.15, -0.1) is 0 Å². The first kappa shape index (κ1) is 14.0. The van der Waals surface area contributed by atoms with Gasteiger partial charge in [-0.2, -0.15) is 0 Å². The highest BCUT2D eigenvalue weighted by Crippen LogP contribution is 2.28. The van der Waals surface area contributed by atoms with Crippen LogP contribution in [-0.4, -0.2) is 7.05 Å². The Morgan fingerprint density at radius 1 is 1.05 bits per heavy atom. The van der Waals surface area contributed by atoms with E-state index in [2.05, 4.69) is 5.32 Å². The molecule has 1 N–H and O–H groups in total. The quantitative estimate of drug-likeness (QED) is 0.876. The molecule has 0 radical (unpaired) electrons. The summed E-state index contributed by atoms with van der Waals surface area (Å²) in [5.74, 6) is -0.195. The van der Waals surface area contributed by atoms with E-state index in [0.29, 0.717) is 10.6 Å². The molecule has 0 amide bonds. The summed E-state index contributed by atoms with van der Waals surface area (Å²) in [5, 5.41) is 3.88. The molecule has 2 aromatic rings. The van der Waals surface area contributed by atoms with E-state index in [0.717, 1.165) is 16.7 Å². The molecule has 1 atom stereocenters. The van der Waals surface area contributed by atoms with Gasteiger partial charge in [-0.05, 0) is 50.2 Å². The van der Waals surface area contributed by atoms with Crippen molar-refractivity contribution in [2.75, 3.05) is 7.05 Å². The monoisotopic (exact) mass is 277 g/mol. The Hall–Kier alpha value is -1.38. The van der Waals surface area contributed by atoms with E-state index in [-0.39, 0.29) is 11.9 Å². The van der Waals surface area contributed by atoms with Gasteiger partial charge < -0.3 is 5.32 Å². The Morgan fingerprint density at radius 3 is 2.42 bits per heavy atom. The lowest BCUT2D eigenvalue weighted by Gasteiger charge is -2.20. The van der Waals surface area contributed by atoms with Crippen LogP contribution in [0.5, 0.6) is 0 Å². The van der Waals surface area contributed by atoms with Gasteiger partial charge in [-0.1, -0.05) is 35.4 Å². The summed E-state index contributed by atoms with van der Waals surface area (Å²) in [4.78, 5) is 0. The van der Waals surface area contributed by atoms with Gasteiger partial charge >= 0.3 is 0 Å². The van der Waals surface area contributed by atoms with Gasteiger partial charge in [0, 0.05) is 10.6 Å². The first-order valence-corrected chi connectivity index (χ1v) is 6.60. The van der Waals surface area contributed by atoms with Gasteiger partial charge in [0.1, 0.15) is 5.82 Å². The third-order valence-corrected chi connectivity index (χ3v) is 3.53. The van der Waals surface area contributed by atoms with Gasteiger partial charge in [0.25, 0.3) is 0 Å². The molecule has 0 saturated carbocycles. The molecule has 0 spiro atoms. The predicted molar refractivity (Wildman–Crippen MR) is 78.2 cm³/mol. The summed E-state index contributed by atoms with van der Waals surface area (Å²) in [7, 11) is 1.83. The van der Waals surface area contributed by atoms with Crippen molar-refractivity contribution in [1.82, 2.24) is 5.32 Å². The smallest absolute Gasteiger partial charge is 0.128 e. The van der Waals surface area contributed by atoms with Crippen LogP contribution in [0.4, 0.5) is 4.39 Å². The minimum absolute atomic E-state index is 0.169. The molecule has 1 nitrogen and oxygen atoms in total. The van der Waals surface area contributed by atoms with Gasteiger partial charge in [-0.25, -0.2) is 4.39 Å². The van der Waals surface area contributed by atoms with E-state index in [1.807, 2.05) is 45.2 Å². The summed E-state index contributed by atoms with van der Waals surface area (Å²) in [5.41, 5.74) is 3.79. The van der Waals surface area contributed by atoms with Crippen LogP contribution in [0, 0.1) is 19.7 Å². The molecule has 1 unspecified atom stereocenters. The van der Waals surface area contributed by atoms with Gasteiger partial charge in [-0.3, -0.25) is 0 Å². The molecule has 0 saturated heterocycles. The highest BCUT2D eigenvalue weighted by Gasteiger charge is 2.18. The van der Waals surface area contributed by atoms with E-state index in [9.17, 15) is 4.39 Å². The maximum absolute atomic E-state index is 14.0. The lowest BCUT2D eigenvalue weighted by Crippen LogP contribution is -2.20. The van der Waals surface area contributed by atoms with E-state index in [4.69, 9.17) is 11.6 Å². The first-order chi connectivity index (χ1) is 9.02. The van der Waals surface area contributed by atoms with Crippen molar-refractivity contribution in [1.29, 1.82) is 0 Å². The maximum Gasteiger partial charge on any atom is 0.128 e. The van der Waals surface area contributed by atoms with Crippen molar-refractivity contribution >= 4 is 11.6 Å². The summed E-state index contributed by atoms with van der Waals surface area (Å²) < 4.78 is 14.0. The van der Waals surface area contributed by atoms with E-state index < -0.39 is 0 Å². The zero-order valence-corrected chi connectivity index (χ0v) is 12.1. The highest BCUT2D eigenvalue weighted by atomic mass is 35.5. The fourth-order valence-corrected chi connectivity index (χ4v) is 2.55. The van der Waals surface area contributed by atoms with Crippen molar-refractivity contribution in [3.05, 3.63) is 69.5 Å². The fourth-order valence-electron chi connectivity index (χ4n) is 2.33. The van der Waals surface area contributed by atoms with Gasteiger partial charge in [0.05, 0.1) is 6.04 Å². The minimum Gasteiger partial charge on any atom is -0.309 e. The van der Waals surface area contributed by atoms with Crippen LogP contribution < -0.4 is 5.32 Å². The summed E-state index contributed by atoms with van der Waals surface area (Å²) in [6.45, 7) is 3.95. The van der Waals surface area contributed by atoms with Gasteiger partial charge in [0.15, 0.2) is 0 Å². The van der Waals surface area contributed by atoms with E-state index >= 15 is 0 Å². The second kappa shape index (κ2) is 5.72. The number of halogens is 2. The SMILES string of the molecule is CNC(c1ccc(Cl)cc1C)c1cc(C)ccc1F. The number of nitrogens with one attached hydrogen (secondary N) is 1. The van der Waals surface area contributed by atoms with Crippen molar-refractivity contribution < 1.29 is 4.39 Å². The van der Waals surface area contributed by atoms with E-state index in [1.54, 1.807) is 6.07 Å². The molecular weight excluding hydrogens is 261 g/mol. The average Bonchev–Trinajstić information content (AvgIpc) is 2.36. The molecule has 0 aliphatic heterocycles. The van der Waals surface area contributed by atoms with Crippen LogP contribution in [0.3, 0.4) is 0 Å². The number of hydrogen-bond donors (Lipinski definition) is 1. The lowest BCUT2D eigenvalue weighted by atomic mass is 9.94. The van der Waals surface area contributed by atoms with Crippen LogP contribution in [-0.2, 0) is 0 Å². The summed E-state index contributed by atoms with van der Waals surface area (Å²) in [6.07, 6.45) is 0. The second-order valence-electron chi connectivity index (χ2n) is 4.75. The van der Waals surface area contributed by atoms with Crippen LogP contribution >= 0.6 is 11.6 Å². The molecule has 2 rings (SSSR count). The Bertz CT molecular complexity index is 595. The molecule has 19 heavy (non-hydrogen) atoms. The fraction of sp³-hybridized carbons (Fsp3) is 0.250. The molecule has 3 heteroatoms. The zero-order valence-electron chi connectivity index (χ0n) is 11.3. The predicted octanol–water partition coefficient (Wildman–Crippen LogP) is 4.40. The largest absolute Gasteiger partial charge is 0.309 e. The van der Waals surface area contributed by atoms with Crippen molar-refractivity contribution in [2.45, 2.75) is 19.9 Å². The molecule has 0 fully saturated rings. The van der Waals surface area contributed by atoms with Crippen molar-refractivity contribution in [2.24, 2.45) is 0 Å². The lowest BCUT2D eigenvalue weighted by molar-refractivity contribution is 0.574. The topological polar surface area (TPSA) is 12.0 Å². The third-order valence-electron chi connectivity index (χ3n) is 3.29. The zero-order chi connectivity index (χ0) is 14.0. The Morgan fingerprint density at radius 2 is 1.79 bits per heavy atom. The third kappa shape index (κ3) is 2.96. The van der Waals surface area contributed by atoms with Crippen LogP contribution in [0.2, 0.25) is 5.02 Å². The number of aryl methyl sites for hydroxylation is 2. The molecule has 100 valence electrons. The van der Waals surface area contributed by atoms with E-state index in [1.165, 1.54) is 6.07 Å². The van der Waals surface area contributed by atoms with Gasteiger partial charge in [0.2, 0.25) is 0 Å². The molecule has 2 aromatic carbocycles. The molecule has 0 heterocycles.